The fourth-order valence-electron chi connectivity index (χ4n) is 3.00. The quantitative estimate of drug-likeness (QED) is 0.322. The summed E-state index contributed by atoms with van der Waals surface area (Å²) in [5.41, 5.74) is 2.85. The summed E-state index contributed by atoms with van der Waals surface area (Å²) in [5.74, 6) is 1.54. The molecule has 4 aromatic rings. The fraction of sp³-hybridized carbons (Fsp3) is 0.167. The Bertz CT molecular complexity index is 1020. The van der Waals surface area contributed by atoms with E-state index in [2.05, 4.69) is 21.5 Å². The first-order valence-corrected chi connectivity index (χ1v) is 7.06. The number of hydrogen-bond acceptors (Lipinski definition) is 3. The molecule has 0 spiro atoms. The topological polar surface area (TPSA) is 35.8 Å². The zero-order valence-corrected chi connectivity index (χ0v) is 15.4. The van der Waals surface area contributed by atoms with Crippen LogP contribution in [0, 0.1) is 13.0 Å². The molecule has 0 bridgehead atoms. The third kappa shape index (κ3) is 2.28. The largest absolute Gasteiger partial charge is 0.497 e. The van der Waals surface area contributed by atoms with Gasteiger partial charge in [0.05, 0.1) is 25.4 Å². The van der Waals surface area contributed by atoms with Crippen molar-refractivity contribution in [3.8, 4) is 11.5 Å². The Hall–Kier alpha value is -2.10. The Labute approximate surface area is 147 Å². The molecule has 0 unspecified atom stereocenters. The van der Waals surface area contributed by atoms with Gasteiger partial charge in [-0.05, 0) is 18.4 Å². The van der Waals surface area contributed by atoms with Gasteiger partial charge < -0.3 is 13.9 Å². The molecule has 0 amide bonds. The van der Waals surface area contributed by atoms with Crippen LogP contribution in [0.1, 0.15) is 5.69 Å². The average Bonchev–Trinajstić information content (AvgIpc) is 2.95. The average molecular weight is 484 g/mol. The summed E-state index contributed by atoms with van der Waals surface area (Å²) < 4.78 is 13.1. The Morgan fingerprint density at radius 3 is 2.70 bits per heavy atom. The van der Waals surface area contributed by atoms with Crippen molar-refractivity contribution in [2.75, 3.05) is 14.2 Å². The standard InChI is InChI=1S/C18H15N2O2.Ir/c1-11-10-20-17-15(8-12(21-2)9-16(17)22-3)13-6-4-5-7-14(13)18(20)19-11;/h4-6,8-10H,1-3H3;/q-1;. The molecular weight excluding hydrogens is 468 g/mol. The van der Waals surface area contributed by atoms with E-state index < -0.39 is 0 Å². The number of methoxy groups -OCH3 is 2. The maximum atomic E-state index is 5.60. The molecule has 2 heterocycles. The summed E-state index contributed by atoms with van der Waals surface area (Å²) >= 11 is 0. The zero-order valence-electron chi connectivity index (χ0n) is 13.0. The predicted molar refractivity (Wildman–Crippen MR) is 86.9 cm³/mol. The number of rotatable bonds is 2. The van der Waals surface area contributed by atoms with Crippen LogP contribution < -0.4 is 9.47 Å². The van der Waals surface area contributed by atoms with Crippen molar-refractivity contribution >= 4 is 27.3 Å². The van der Waals surface area contributed by atoms with Crippen LogP contribution in [0.25, 0.3) is 27.3 Å². The van der Waals surface area contributed by atoms with Crippen molar-refractivity contribution in [2.45, 2.75) is 6.92 Å². The summed E-state index contributed by atoms with van der Waals surface area (Å²) in [6.45, 7) is 1.99. The van der Waals surface area contributed by atoms with E-state index in [1.165, 1.54) is 0 Å². The van der Waals surface area contributed by atoms with Gasteiger partial charge in [0.25, 0.3) is 0 Å². The number of hydrogen-bond donors (Lipinski definition) is 0. The third-order valence-corrected chi connectivity index (χ3v) is 3.94. The fourth-order valence-corrected chi connectivity index (χ4v) is 3.00. The molecule has 4 nitrogen and oxygen atoms in total. The molecule has 0 aliphatic rings. The minimum absolute atomic E-state index is 0. The van der Waals surface area contributed by atoms with E-state index in [1.54, 1.807) is 14.2 Å². The van der Waals surface area contributed by atoms with E-state index in [0.29, 0.717) is 0 Å². The summed E-state index contributed by atoms with van der Waals surface area (Å²) in [5, 5.41) is 3.15. The molecule has 0 N–H and O–H groups in total. The van der Waals surface area contributed by atoms with Gasteiger partial charge in [0.1, 0.15) is 11.5 Å². The van der Waals surface area contributed by atoms with E-state index in [-0.39, 0.29) is 20.1 Å². The van der Waals surface area contributed by atoms with Crippen molar-refractivity contribution in [1.29, 1.82) is 0 Å². The Morgan fingerprint density at radius 2 is 1.96 bits per heavy atom. The van der Waals surface area contributed by atoms with Crippen molar-refractivity contribution < 1.29 is 29.6 Å². The van der Waals surface area contributed by atoms with E-state index in [1.807, 2.05) is 37.4 Å². The molecule has 23 heavy (non-hydrogen) atoms. The van der Waals surface area contributed by atoms with E-state index >= 15 is 0 Å². The number of imidazole rings is 1. The first-order chi connectivity index (χ1) is 10.7. The maximum absolute atomic E-state index is 5.60. The Morgan fingerprint density at radius 1 is 1.13 bits per heavy atom. The molecule has 0 saturated carbocycles. The van der Waals surface area contributed by atoms with Crippen LogP contribution in [0.15, 0.2) is 36.5 Å². The van der Waals surface area contributed by atoms with Gasteiger partial charge in [-0.1, -0.05) is 5.39 Å². The molecule has 0 aliphatic heterocycles. The second kappa shape index (κ2) is 5.84. The van der Waals surface area contributed by atoms with E-state index in [9.17, 15) is 0 Å². The first kappa shape index (κ1) is 15.8. The first-order valence-electron chi connectivity index (χ1n) is 7.06. The zero-order chi connectivity index (χ0) is 15.3. The predicted octanol–water partition coefficient (Wildman–Crippen LogP) is 3.76. The van der Waals surface area contributed by atoms with Crippen LogP contribution in [0.2, 0.25) is 0 Å². The van der Waals surface area contributed by atoms with Crippen LogP contribution >= 0.6 is 0 Å². The van der Waals surface area contributed by atoms with Gasteiger partial charge in [-0.15, -0.1) is 29.7 Å². The molecule has 2 aromatic carbocycles. The summed E-state index contributed by atoms with van der Waals surface area (Å²) in [4.78, 5) is 4.65. The minimum Gasteiger partial charge on any atom is -0.497 e. The number of benzene rings is 2. The van der Waals surface area contributed by atoms with Gasteiger partial charge >= 0.3 is 0 Å². The maximum Gasteiger partial charge on any atom is 0.145 e. The molecule has 4 rings (SSSR count). The number of aromatic nitrogens is 2. The monoisotopic (exact) mass is 484 g/mol. The number of fused-ring (bicyclic) bond motifs is 6. The van der Waals surface area contributed by atoms with E-state index in [4.69, 9.17) is 9.47 Å². The van der Waals surface area contributed by atoms with Crippen LogP contribution in [0.5, 0.6) is 11.5 Å². The Kier molecular flexibility index (Phi) is 4.00. The molecule has 119 valence electrons. The van der Waals surface area contributed by atoms with Crippen molar-refractivity contribution in [2.24, 2.45) is 0 Å². The number of pyridine rings is 1. The van der Waals surface area contributed by atoms with Gasteiger partial charge in [-0.2, -0.15) is 0 Å². The van der Waals surface area contributed by atoms with Crippen LogP contribution in [-0.4, -0.2) is 23.6 Å². The van der Waals surface area contributed by atoms with E-state index in [0.717, 1.165) is 44.5 Å². The van der Waals surface area contributed by atoms with Crippen LogP contribution in [0.3, 0.4) is 0 Å². The van der Waals surface area contributed by atoms with Crippen LogP contribution in [-0.2, 0) is 20.1 Å². The van der Waals surface area contributed by atoms with Crippen molar-refractivity contribution in [3.63, 3.8) is 0 Å². The number of aryl methyl sites for hydroxylation is 1. The molecule has 0 aliphatic carbocycles. The van der Waals surface area contributed by atoms with Gasteiger partial charge in [-0.3, -0.25) is 4.98 Å². The number of ether oxygens (including phenoxy) is 2. The molecule has 0 atom stereocenters. The smallest absolute Gasteiger partial charge is 0.145 e. The van der Waals surface area contributed by atoms with Gasteiger partial charge in [0.2, 0.25) is 0 Å². The molecule has 0 saturated heterocycles. The molecule has 1 radical (unpaired) electrons. The summed E-state index contributed by atoms with van der Waals surface area (Å²) in [7, 11) is 3.33. The number of nitrogens with zero attached hydrogens (tertiary/aromatic N) is 2. The summed E-state index contributed by atoms with van der Waals surface area (Å²) in [6.07, 6.45) is 2.02. The molecular formula is C18H15IrN2O2-. The molecule has 5 heteroatoms. The Balaban J connectivity index is 0.00000156. The van der Waals surface area contributed by atoms with Gasteiger partial charge in [0.15, 0.2) is 0 Å². The normalized spacial score (nSPS) is 10.9. The van der Waals surface area contributed by atoms with Gasteiger partial charge in [0, 0.05) is 38.1 Å². The molecule has 2 aromatic heterocycles. The van der Waals surface area contributed by atoms with Crippen molar-refractivity contribution in [1.82, 2.24) is 9.38 Å². The minimum atomic E-state index is 0. The second-order valence-corrected chi connectivity index (χ2v) is 5.26. The van der Waals surface area contributed by atoms with Gasteiger partial charge in [-0.25, -0.2) is 0 Å². The second-order valence-electron chi connectivity index (χ2n) is 5.26. The molecule has 0 fully saturated rings. The van der Waals surface area contributed by atoms with Crippen molar-refractivity contribution in [3.05, 3.63) is 48.3 Å². The SMILES string of the molecule is COc1cc(OC)c2c(c1)c1ccc[c-]c1c1nc(C)cn12.[Ir]. The third-order valence-electron chi connectivity index (χ3n) is 3.94. The summed E-state index contributed by atoms with van der Waals surface area (Å²) in [6, 6.07) is 13.2. The van der Waals surface area contributed by atoms with Crippen LogP contribution in [0.4, 0.5) is 0 Å².